The molecule has 0 bridgehead atoms. The zero-order valence-corrected chi connectivity index (χ0v) is 10.3. The normalized spacial score (nSPS) is 17.5. The SMILES string of the molecule is COc1ccc(CC2(CBr)CC2)cc1F. The van der Waals surface area contributed by atoms with E-state index in [-0.39, 0.29) is 5.82 Å². The largest absolute Gasteiger partial charge is 0.494 e. The van der Waals surface area contributed by atoms with Gasteiger partial charge in [0, 0.05) is 5.33 Å². The summed E-state index contributed by atoms with van der Waals surface area (Å²) < 4.78 is 18.3. The second-order valence-electron chi connectivity index (χ2n) is 4.28. The molecule has 1 aromatic rings. The van der Waals surface area contributed by atoms with Crippen molar-refractivity contribution in [1.82, 2.24) is 0 Å². The van der Waals surface area contributed by atoms with Gasteiger partial charge in [0.15, 0.2) is 11.6 Å². The minimum atomic E-state index is -0.264. The molecule has 2 rings (SSSR count). The molecular weight excluding hydrogens is 259 g/mol. The number of benzene rings is 1. The second kappa shape index (κ2) is 4.12. The van der Waals surface area contributed by atoms with E-state index >= 15 is 0 Å². The molecule has 0 heterocycles. The summed E-state index contributed by atoms with van der Waals surface area (Å²) in [5.41, 5.74) is 1.45. The van der Waals surface area contributed by atoms with Gasteiger partial charge < -0.3 is 4.74 Å². The lowest BCUT2D eigenvalue weighted by Crippen LogP contribution is -2.06. The first kappa shape index (κ1) is 10.9. The minimum absolute atomic E-state index is 0.264. The van der Waals surface area contributed by atoms with Crippen LogP contribution in [0.5, 0.6) is 5.75 Å². The van der Waals surface area contributed by atoms with Crippen LogP contribution < -0.4 is 4.74 Å². The van der Waals surface area contributed by atoms with Gasteiger partial charge in [-0.3, -0.25) is 0 Å². The number of ether oxygens (including phenoxy) is 1. The van der Waals surface area contributed by atoms with Gasteiger partial charge >= 0.3 is 0 Å². The summed E-state index contributed by atoms with van der Waals surface area (Å²) in [6.45, 7) is 0. The van der Waals surface area contributed by atoms with Crippen LogP contribution in [-0.4, -0.2) is 12.4 Å². The summed E-state index contributed by atoms with van der Waals surface area (Å²) in [6, 6.07) is 5.24. The van der Waals surface area contributed by atoms with Crippen LogP contribution in [0.3, 0.4) is 0 Å². The van der Waals surface area contributed by atoms with Gasteiger partial charge in [0.25, 0.3) is 0 Å². The standard InChI is InChI=1S/C12H14BrFO/c1-15-11-3-2-9(6-10(11)14)7-12(8-13)4-5-12/h2-3,6H,4-5,7-8H2,1H3. The van der Waals surface area contributed by atoms with Crippen LogP contribution in [0.25, 0.3) is 0 Å². The van der Waals surface area contributed by atoms with E-state index in [0.717, 1.165) is 17.3 Å². The van der Waals surface area contributed by atoms with E-state index < -0.39 is 0 Å². The molecule has 0 radical (unpaired) electrons. The molecule has 0 aliphatic heterocycles. The molecule has 0 aromatic heterocycles. The molecule has 3 heteroatoms. The predicted molar refractivity (Wildman–Crippen MR) is 62.1 cm³/mol. The van der Waals surface area contributed by atoms with Crippen LogP contribution in [0.4, 0.5) is 4.39 Å². The van der Waals surface area contributed by atoms with Crippen LogP contribution >= 0.6 is 15.9 Å². The molecule has 1 aliphatic rings. The highest BCUT2D eigenvalue weighted by Gasteiger charge is 2.41. The Bertz CT molecular complexity index is 361. The third-order valence-electron chi connectivity index (χ3n) is 3.04. The summed E-state index contributed by atoms with van der Waals surface area (Å²) in [7, 11) is 1.49. The van der Waals surface area contributed by atoms with E-state index in [1.807, 2.05) is 6.07 Å². The van der Waals surface area contributed by atoms with Crippen LogP contribution in [0.15, 0.2) is 18.2 Å². The molecule has 1 aromatic carbocycles. The van der Waals surface area contributed by atoms with Crippen LogP contribution in [0.1, 0.15) is 18.4 Å². The van der Waals surface area contributed by atoms with Gasteiger partial charge in [-0.25, -0.2) is 4.39 Å². The lowest BCUT2D eigenvalue weighted by molar-refractivity contribution is 0.386. The molecular formula is C12H14BrFO. The highest BCUT2D eigenvalue weighted by Crippen LogP contribution is 2.49. The molecule has 1 nitrogen and oxygen atoms in total. The molecule has 0 N–H and O–H groups in total. The van der Waals surface area contributed by atoms with E-state index in [2.05, 4.69) is 15.9 Å². The zero-order valence-electron chi connectivity index (χ0n) is 8.72. The van der Waals surface area contributed by atoms with Crippen molar-refractivity contribution in [3.8, 4) is 5.75 Å². The van der Waals surface area contributed by atoms with Crippen molar-refractivity contribution < 1.29 is 9.13 Å². The third-order valence-corrected chi connectivity index (χ3v) is 4.23. The number of hydrogen-bond acceptors (Lipinski definition) is 1. The molecule has 0 unspecified atom stereocenters. The van der Waals surface area contributed by atoms with E-state index in [9.17, 15) is 4.39 Å². The summed E-state index contributed by atoms with van der Waals surface area (Å²) in [5, 5.41) is 1.01. The zero-order chi connectivity index (χ0) is 10.9. The number of alkyl halides is 1. The number of methoxy groups -OCH3 is 1. The average molecular weight is 273 g/mol. The third kappa shape index (κ3) is 2.33. The van der Waals surface area contributed by atoms with Crippen molar-refractivity contribution in [3.63, 3.8) is 0 Å². The second-order valence-corrected chi connectivity index (χ2v) is 4.84. The van der Waals surface area contributed by atoms with E-state index in [1.165, 1.54) is 20.0 Å². The molecule has 1 aliphatic carbocycles. The van der Waals surface area contributed by atoms with Crippen molar-refractivity contribution >= 4 is 15.9 Å². The maximum atomic E-state index is 13.4. The fourth-order valence-electron chi connectivity index (χ4n) is 1.79. The summed E-state index contributed by atoms with van der Waals surface area (Å²) in [5.74, 6) is 0.0582. The molecule has 82 valence electrons. The summed E-state index contributed by atoms with van der Waals surface area (Å²) >= 11 is 3.52. The molecule has 15 heavy (non-hydrogen) atoms. The average Bonchev–Trinajstić information content (AvgIpc) is 2.99. The highest BCUT2D eigenvalue weighted by molar-refractivity contribution is 9.09. The monoisotopic (exact) mass is 272 g/mol. The highest BCUT2D eigenvalue weighted by atomic mass is 79.9. The number of halogens is 2. The van der Waals surface area contributed by atoms with Gasteiger partial charge in [0.05, 0.1) is 7.11 Å². The molecule has 1 saturated carbocycles. The van der Waals surface area contributed by atoms with E-state index in [1.54, 1.807) is 12.1 Å². The molecule has 0 spiro atoms. The van der Waals surface area contributed by atoms with Gasteiger partial charge in [-0.1, -0.05) is 22.0 Å². The van der Waals surface area contributed by atoms with Crippen LogP contribution in [-0.2, 0) is 6.42 Å². The molecule has 1 fully saturated rings. The van der Waals surface area contributed by atoms with E-state index in [0.29, 0.717) is 11.2 Å². The topological polar surface area (TPSA) is 9.23 Å². The van der Waals surface area contributed by atoms with Gasteiger partial charge in [0.2, 0.25) is 0 Å². The molecule has 0 atom stereocenters. The van der Waals surface area contributed by atoms with Gasteiger partial charge in [0.1, 0.15) is 0 Å². The maximum Gasteiger partial charge on any atom is 0.165 e. The number of rotatable bonds is 4. The smallest absolute Gasteiger partial charge is 0.165 e. The Morgan fingerprint density at radius 1 is 1.47 bits per heavy atom. The van der Waals surface area contributed by atoms with Crippen molar-refractivity contribution in [2.24, 2.45) is 5.41 Å². The maximum absolute atomic E-state index is 13.4. The van der Waals surface area contributed by atoms with Crippen molar-refractivity contribution in [2.45, 2.75) is 19.3 Å². The lowest BCUT2D eigenvalue weighted by Gasteiger charge is -2.11. The van der Waals surface area contributed by atoms with Crippen LogP contribution in [0, 0.1) is 11.2 Å². The Morgan fingerprint density at radius 3 is 2.67 bits per heavy atom. The minimum Gasteiger partial charge on any atom is -0.494 e. The first-order valence-corrected chi connectivity index (χ1v) is 6.20. The van der Waals surface area contributed by atoms with Crippen molar-refractivity contribution in [3.05, 3.63) is 29.6 Å². The first-order valence-electron chi connectivity index (χ1n) is 5.07. The van der Waals surface area contributed by atoms with Crippen molar-refractivity contribution in [2.75, 3.05) is 12.4 Å². The van der Waals surface area contributed by atoms with Gasteiger partial charge in [-0.05, 0) is 42.4 Å². The summed E-state index contributed by atoms with van der Waals surface area (Å²) in [4.78, 5) is 0. The predicted octanol–water partition coefficient (Wildman–Crippen LogP) is 3.55. The Hall–Kier alpha value is -0.570. The Kier molecular flexibility index (Phi) is 3.01. The lowest BCUT2D eigenvalue weighted by atomic mass is 9.98. The Labute approximate surface area is 97.8 Å². The Morgan fingerprint density at radius 2 is 2.20 bits per heavy atom. The first-order chi connectivity index (χ1) is 7.19. The fraction of sp³-hybridized carbons (Fsp3) is 0.500. The number of hydrogen-bond donors (Lipinski definition) is 0. The quantitative estimate of drug-likeness (QED) is 0.762. The Balaban J connectivity index is 2.13. The summed E-state index contributed by atoms with van der Waals surface area (Å²) in [6.07, 6.45) is 3.44. The molecule has 0 saturated heterocycles. The fourth-order valence-corrected chi connectivity index (χ4v) is 2.55. The van der Waals surface area contributed by atoms with Crippen LogP contribution in [0.2, 0.25) is 0 Å². The van der Waals surface area contributed by atoms with E-state index in [4.69, 9.17) is 4.74 Å². The van der Waals surface area contributed by atoms with Gasteiger partial charge in [-0.2, -0.15) is 0 Å². The van der Waals surface area contributed by atoms with Crippen molar-refractivity contribution in [1.29, 1.82) is 0 Å². The van der Waals surface area contributed by atoms with Gasteiger partial charge in [-0.15, -0.1) is 0 Å². The molecule has 0 amide bonds.